The number of rotatable bonds is 5. The summed E-state index contributed by atoms with van der Waals surface area (Å²) in [7, 11) is 0. The number of nitrogens with zero attached hydrogens (tertiary/aromatic N) is 3. The van der Waals surface area contributed by atoms with E-state index >= 15 is 0 Å². The highest BCUT2D eigenvalue weighted by Crippen LogP contribution is 2.14. The molecule has 2 rings (SSSR count). The van der Waals surface area contributed by atoms with Crippen LogP contribution in [0.5, 0.6) is 5.75 Å². The van der Waals surface area contributed by atoms with Crippen LogP contribution in [0.1, 0.15) is 25.1 Å². The van der Waals surface area contributed by atoms with Gasteiger partial charge in [0.15, 0.2) is 5.69 Å². The third-order valence-corrected chi connectivity index (χ3v) is 2.55. The highest BCUT2D eigenvalue weighted by molar-refractivity contribution is 5.37. The molecule has 1 heterocycles. The molecule has 1 aromatic carbocycles. The van der Waals surface area contributed by atoms with E-state index < -0.39 is 0 Å². The van der Waals surface area contributed by atoms with Crippen molar-refractivity contribution >= 4 is 5.82 Å². The van der Waals surface area contributed by atoms with E-state index in [2.05, 4.69) is 15.5 Å². The molecule has 0 fully saturated rings. The van der Waals surface area contributed by atoms with E-state index in [4.69, 9.17) is 10.00 Å². The van der Waals surface area contributed by atoms with Gasteiger partial charge in [-0.05, 0) is 43.7 Å². The minimum Gasteiger partial charge on any atom is -0.491 e. The summed E-state index contributed by atoms with van der Waals surface area (Å²) in [5.74, 6) is 1.51. The SMILES string of the molecule is CC(C)Oc1ccc(CNc2ccc(C#N)nn2)cc1. The van der Waals surface area contributed by atoms with E-state index in [1.54, 1.807) is 12.1 Å². The summed E-state index contributed by atoms with van der Waals surface area (Å²) in [4.78, 5) is 0. The maximum absolute atomic E-state index is 8.64. The molecule has 0 aliphatic heterocycles. The smallest absolute Gasteiger partial charge is 0.163 e. The van der Waals surface area contributed by atoms with Crippen LogP contribution in [0.4, 0.5) is 5.82 Å². The number of hydrogen-bond acceptors (Lipinski definition) is 5. The van der Waals surface area contributed by atoms with E-state index in [1.165, 1.54) is 0 Å². The van der Waals surface area contributed by atoms with Crippen LogP contribution in [0.2, 0.25) is 0 Å². The Morgan fingerprint density at radius 3 is 2.45 bits per heavy atom. The van der Waals surface area contributed by atoms with Crippen molar-refractivity contribution in [1.82, 2.24) is 10.2 Å². The molecule has 0 bridgehead atoms. The summed E-state index contributed by atoms with van der Waals surface area (Å²) in [5.41, 5.74) is 1.43. The Hall–Kier alpha value is -2.61. The second-order valence-electron chi connectivity index (χ2n) is 4.58. The number of anilines is 1. The van der Waals surface area contributed by atoms with Crippen LogP contribution in [0, 0.1) is 11.3 Å². The Kier molecular flexibility index (Phi) is 4.51. The molecule has 0 saturated heterocycles. The zero-order chi connectivity index (χ0) is 14.4. The maximum Gasteiger partial charge on any atom is 0.163 e. The second kappa shape index (κ2) is 6.53. The van der Waals surface area contributed by atoms with Gasteiger partial charge in [-0.3, -0.25) is 0 Å². The predicted molar refractivity (Wildman–Crippen MR) is 76.3 cm³/mol. The van der Waals surface area contributed by atoms with Crippen molar-refractivity contribution in [3.63, 3.8) is 0 Å². The van der Waals surface area contributed by atoms with Crippen molar-refractivity contribution in [2.45, 2.75) is 26.5 Å². The molecule has 0 unspecified atom stereocenters. The van der Waals surface area contributed by atoms with Crippen LogP contribution in [0.15, 0.2) is 36.4 Å². The summed E-state index contributed by atoms with van der Waals surface area (Å²) in [6, 6.07) is 13.2. The van der Waals surface area contributed by atoms with Crippen LogP contribution in [0.25, 0.3) is 0 Å². The first-order valence-electron chi connectivity index (χ1n) is 6.40. The maximum atomic E-state index is 8.64. The Labute approximate surface area is 118 Å². The third kappa shape index (κ3) is 3.95. The minimum atomic E-state index is 0.174. The lowest BCUT2D eigenvalue weighted by molar-refractivity contribution is 0.242. The first-order valence-corrected chi connectivity index (χ1v) is 6.40. The predicted octanol–water partition coefficient (Wildman–Crippen LogP) is 2.75. The zero-order valence-corrected chi connectivity index (χ0v) is 11.5. The van der Waals surface area contributed by atoms with E-state index in [-0.39, 0.29) is 6.10 Å². The van der Waals surface area contributed by atoms with Crippen LogP contribution >= 0.6 is 0 Å². The average molecular weight is 268 g/mol. The highest BCUT2D eigenvalue weighted by atomic mass is 16.5. The molecule has 0 spiro atoms. The number of hydrogen-bond donors (Lipinski definition) is 1. The number of nitriles is 1. The van der Waals surface area contributed by atoms with Crippen LogP contribution < -0.4 is 10.1 Å². The standard InChI is InChI=1S/C15H16N4O/c1-11(2)20-14-6-3-12(4-7-14)10-17-15-8-5-13(9-16)18-19-15/h3-8,11H,10H2,1-2H3,(H,17,19). The van der Waals surface area contributed by atoms with Gasteiger partial charge in [-0.1, -0.05) is 12.1 Å². The summed E-state index contributed by atoms with van der Waals surface area (Å²) >= 11 is 0. The van der Waals surface area contributed by atoms with Gasteiger partial charge in [0, 0.05) is 6.54 Å². The fraction of sp³-hybridized carbons (Fsp3) is 0.267. The van der Waals surface area contributed by atoms with E-state index in [9.17, 15) is 0 Å². The van der Waals surface area contributed by atoms with Crippen molar-refractivity contribution in [1.29, 1.82) is 5.26 Å². The lowest BCUT2D eigenvalue weighted by Crippen LogP contribution is -2.06. The summed E-state index contributed by atoms with van der Waals surface area (Å²) < 4.78 is 5.58. The zero-order valence-electron chi connectivity index (χ0n) is 11.5. The molecule has 2 aromatic rings. The second-order valence-corrected chi connectivity index (χ2v) is 4.58. The van der Waals surface area contributed by atoms with Crippen molar-refractivity contribution in [2.24, 2.45) is 0 Å². The monoisotopic (exact) mass is 268 g/mol. The van der Waals surface area contributed by atoms with Crippen molar-refractivity contribution < 1.29 is 4.74 Å². The molecule has 0 aliphatic carbocycles. The minimum absolute atomic E-state index is 0.174. The Bertz CT molecular complexity index is 585. The highest BCUT2D eigenvalue weighted by Gasteiger charge is 2.00. The number of aromatic nitrogens is 2. The normalized spacial score (nSPS) is 10.1. The van der Waals surface area contributed by atoms with Crippen LogP contribution in [-0.2, 0) is 6.54 Å². The molecule has 5 nitrogen and oxygen atoms in total. The fourth-order valence-corrected chi connectivity index (χ4v) is 1.64. The van der Waals surface area contributed by atoms with Gasteiger partial charge in [0.05, 0.1) is 6.10 Å². The lowest BCUT2D eigenvalue weighted by Gasteiger charge is -2.10. The van der Waals surface area contributed by atoms with Crippen LogP contribution in [-0.4, -0.2) is 16.3 Å². The van der Waals surface area contributed by atoms with Gasteiger partial charge < -0.3 is 10.1 Å². The fourth-order valence-electron chi connectivity index (χ4n) is 1.64. The van der Waals surface area contributed by atoms with Gasteiger partial charge in [0.25, 0.3) is 0 Å². The quantitative estimate of drug-likeness (QED) is 0.902. The molecule has 102 valence electrons. The molecule has 1 N–H and O–H groups in total. The number of ether oxygens (including phenoxy) is 1. The number of nitrogens with one attached hydrogen (secondary N) is 1. The average Bonchev–Trinajstić information content (AvgIpc) is 2.46. The molecular formula is C15H16N4O. The lowest BCUT2D eigenvalue weighted by atomic mass is 10.2. The first kappa shape index (κ1) is 13.8. The Morgan fingerprint density at radius 2 is 1.90 bits per heavy atom. The largest absolute Gasteiger partial charge is 0.491 e. The summed E-state index contributed by atoms with van der Waals surface area (Å²) in [5, 5.41) is 19.5. The Morgan fingerprint density at radius 1 is 1.15 bits per heavy atom. The first-order chi connectivity index (χ1) is 9.67. The number of benzene rings is 1. The van der Waals surface area contributed by atoms with Crippen molar-refractivity contribution in [3.8, 4) is 11.8 Å². The van der Waals surface area contributed by atoms with Gasteiger partial charge in [0.2, 0.25) is 0 Å². The van der Waals surface area contributed by atoms with Gasteiger partial charge >= 0.3 is 0 Å². The molecule has 1 aromatic heterocycles. The molecular weight excluding hydrogens is 252 g/mol. The molecule has 5 heteroatoms. The van der Waals surface area contributed by atoms with E-state index in [1.807, 2.05) is 44.2 Å². The molecule has 20 heavy (non-hydrogen) atoms. The van der Waals surface area contributed by atoms with Gasteiger partial charge in [0.1, 0.15) is 17.6 Å². The molecule has 0 atom stereocenters. The van der Waals surface area contributed by atoms with Crippen molar-refractivity contribution in [2.75, 3.05) is 5.32 Å². The van der Waals surface area contributed by atoms with Gasteiger partial charge in [-0.25, -0.2) is 0 Å². The third-order valence-electron chi connectivity index (χ3n) is 2.55. The summed E-state index contributed by atoms with van der Waals surface area (Å²) in [6.07, 6.45) is 0.174. The Balaban J connectivity index is 1.91. The molecule has 0 aliphatic rings. The van der Waals surface area contributed by atoms with Crippen molar-refractivity contribution in [3.05, 3.63) is 47.7 Å². The molecule has 0 radical (unpaired) electrons. The molecule has 0 amide bonds. The molecule has 0 saturated carbocycles. The van der Waals surface area contributed by atoms with Gasteiger partial charge in [-0.15, -0.1) is 10.2 Å². The van der Waals surface area contributed by atoms with E-state index in [0.717, 1.165) is 11.3 Å². The summed E-state index contributed by atoms with van der Waals surface area (Å²) in [6.45, 7) is 4.64. The van der Waals surface area contributed by atoms with Gasteiger partial charge in [-0.2, -0.15) is 5.26 Å². The topological polar surface area (TPSA) is 70.8 Å². The van der Waals surface area contributed by atoms with Crippen LogP contribution in [0.3, 0.4) is 0 Å². The van der Waals surface area contributed by atoms with E-state index in [0.29, 0.717) is 18.1 Å².